The molecule has 1 aromatic heterocycles. The molecule has 3 atom stereocenters. The number of likely N-dealkylation sites (tertiary alicyclic amines) is 1. The molecule has 0 spiro atoms. The Balaban J connectivity index is 0.919. The summed E-state index contributed by atoms with van der Waals surface area (Å²) in [5, 5.41) is 21.8. The lowest BCUT2D eigenvalue weighted by molar-refractivity contribution is -0.144. The summed E-state index contributed by atoms with van der Waals surface area (Å²) in [6, 6.07) is 22.1. The maximum Gasteiger partial charge on any atom is 0.407 e. The molecule has 5 amide bonds. The number of thiazole rings is 1. The zero-order valence-electron chi connectivity index (χ0n) is 36.0. The number of nitrogens with zero attached hydrogens (tertiary/aromatic N) is 2. The lowest BCUT2D eigenvalue weighted by Crippen LogP contribution is -2.57. The van der Waals surface area contributed by atoms with E-state index in [9.17, 15) is 29.1 Å². The molecule has 63 heavy (non-hydrogen) atoms. The number of ether oxygens (including phenoxy) is 2. The first kappa shape index (κ1) is 46.4. The Hall–Kier alpha value is -6.08. The van der Waals surface area contributed by atoms with Gasteiger partial charge in [-0.3, -0.25) is 19.2 Å². The molecule has 0 unspecified atom stereocenters. The van der Waals surface area contributed by atoms with E-state index in [1.54, 1.807) is 5.51 Å². The van der Waals surface area contributed by atoms with E-state index < -0.39 is 41.5 Å². The molecular formula is C48H56N6O8S. The Bertz CT molecular complexity index is 2240. The number of alkyl carbamates (subject to hydrolysis) is 1. The first-order chi connectivity index (χ1) is 30.3. The van der Waals surface area contributed by atoms with Gasteiger partial charge in [0.05, 0.1) is 35.3 Å². The van der Waals surface area contributed by atoms with Gasteiger partial charge in [-0.15, -0.1) is 17.8 Å². The number of aliphatic hydroxyl groups is 1. The van der Waals surface area contributed by atoms with Crippen LogP contribution in [0.3, 0.4) is 0 Å². The topological polar surface area (TPSA) is 188 Å². The highest BCUT2D eigenvalue weighted by molar-refractivity contribution is 7.13. The lowest BCUT2D eigenvalue weighted by Gasteiger charge is -2.35. The monoisotopic (exact) mass is 876 g/mol. The Labute approximate surface area is 372 Å². The molecule has 15 heteroatoms. The van der Waals surface area contributed by atoms with Crippen LogP contribution in [-0.4, -0.2) is 95.7 Å². The predicted molar refractivity (Wildman–Crippen MR) is 240 cm³/mol. The van der Waals surface area contributed by atoms with Crippen molar-refractivity contribution in [2.24, 2.45) is 5.41 Å². The van der Waals surface area contributed by atoms with Gasteiger partial charge in [-0.05, 0) is 51.6 Å². The molecule has 4 aromatic rings. The Kier molecular flexibility index (Phi) is 16.1. The lowest BCUT2D eigenvalue weighted by atomic mass is 9.85. The van der Waals surface area contributed by atoms with E-state index in [0.717, 1.165) is 38.3 Å². The predicted octanol–water partition coefficient (Wildman–Crippen LogP) is 5.28. The smallest absolute Gasteiger partial charge is 0.407 e. The minimum atomic E-state index is -0.930. The molecule has 2 heterocycles. The molecule has 5 N–H and O–H groups in total. The van der Waals surface area contributed by atoms with Gasteiger partial charge in [0.2, 0.25) is 23.6 Å². The van der Waals surface area contributed by atoms with Crippen LogP contribution in [0.25, 0.3) is 21.6 Å². The standard InChI is InChI=1S/C48H56N6O8S/c1-5-22-49-42(57)29-61-28-39-43(63-30-52-39)32-20-18-31(19-21-32)25-51-45(58)40-24-33(55)26-54(40)46(59)44(48(2,3)4)53-41(56)17-7-6-12-23-50-47(60)62-27-38-36-15-10-8-13-34(36)35-14-9-11-16-37(35)38/h1,8-11,13-16,18-21,30,33,38,40,44,55H,6-7,12,17,22-29H2,2-4H3,(H,49,57)(H,50,60)(H,51,58)(H,53,56)/t33-,40+,44-/m1/s1. The van der Waals surface area contributed by atoms with E-state index in [-0.39, 0.29) is 70.0 Å². The number of aromatic nitrogens is 1. The minimum absolute atomic E-state index is 0.0211. The summed E-state index contributed by atoms with van der Waals surface area (Å²) in [6.45, 7) is 6.48. The second kappa shape index (κ2) is 21.8. The van der Waals surface area contributed by atoms with E-state index >= 15 is 0 Å². The van der Waals surface area contributed by atoms with Crippen LogP contribution in [0.1, 0.15) is 81.2 Å². The SMILES string of the molecule is C#CCNC(=O)COCc1ncsc1-c1ccc(CNC(=O)[C@@H]2C[C@@H](O)CN2C(=O)[C@@H](NC(=O)CCCCCNC(=O)OCC2c3ccccc3-c3ccccc32)C(C)(C)C)cc1. The van der Waals surface area contributed by atoms with E-state index in [2.05, 4.69) is 56.4 Å². The third kappa shape index (κ3) is 12.3. The van der Waals surface area contributed by atoms with Crippen LogP contribution < -0.4 is 21.3 Å². The van der Waals surface area contributed by atoms with Crippen LogP contribution in [0.15, 0.2) is 78.3 Å². The zero-order valence-corrected chi connectivity index (χ0v) is 36.8. The van der Waals surface area contributed by atoms with Gasteiger partial charge in [0.15, 0.2) is 0 Å². The summed E-state index contributed by atoms with van der Waals surface area (Å²) in [7, 11) is 0. The number of nitrogens with one attached hydrogen (secondary N) is 4. The quantitative estimate of drug-likeness (QED) is 0.0617. The maximum absolute atomic E-state index is 14.0. The summed E-state index contributed by atoms with van der Waals surface area (Å²) in [4.78, 5) is 71.8. The first-order valence-corrected chi connectivity index (χ1v) is 22.2. The fraction of sp³-hybridized carbons (Fsp3) is 0.417. The fourth-order valence-electron chi connectivity index (χ4n) is 7.91. The molecule has 332 valence electrons. The van der Waals surface area contributed by atoms with Gasteiger partial charge in [-0.1, -0.05) is 106 Å². The van der Waals surface area contributed by atoms with Crippen molar-refractivity contribution in [3.63, 3.8) is 0 Å². The molecule has 0 radical (unpaired) electrons. The normalized spacial score (nSPS) is 16.0. The van der Waals surface area contributed by atoms with Gasteiger partial charge in [0.25, 0.3) is 0 Å². The number of terminal acetylenes is 1. The molecule has 2 aliphatic rings. The molecule has 14 nitrogen and oxygen atoms in total. The van der Waals surface area contributed by atoms with Crippen molar-refractivity contribution in [1.29, 1.82) is 0 Å². The number of rotatable bonds is 19. The van der Waals surface area contributed by atoms with Gasteiger partial charge in [0.1, 0.15) is 25.3 Å². The number of β-amino-alcohol motifs (C(OH)–C–C–N with tert-alkyl or cyclic N) is 1. The van der Waals surface area contributed by atoms with Crippen molar-refractivity contribution in [2.45, 2.75) is 90.1 Å². The van der Waals surface area contributed by atoms with Gasteiger partial charge >= 0.3 is 6.09 Å². The van der Waals surface area contributed by atoms with Gasteiger partial charge < -0.3 is 40.7 Å². The van der Waals surface area contributed by atoms with Gasteiger partial charge in [-0.25, -0.2) is 9.78 Å². The molecule has 1 aliphatic carbocycles. The number of carbonyl (C=O) groups is 5. The van der Waals surface area contributed by atoms with Crippen molar-refractivity contribution >= 4 is 41.1 Å². The van der Waals surface area contributed by atoms with Crippen LogP contribution >= 0.6 is 11.3 Å². The Morgan fingerprint density at radius 3 is 2.30 bits per heavy atom. The number of amides is 5. The first-order valence-electron chi connectivity index (χ1n) is 21.3. The van der Waals surface area contributed by atoms with Crippen LogP contribution in [-0.2, 0) is 41.8 Å². The summed E-state index contributed by atoms with van der Waals surface area (Å²) >= 11 is 1.44. The second-order valence-electron chi connectivity index (χ2n) is 16.8. The molecule has 0 bridgehead atoms. The van der Waals surface area contributed by atoms with Crippen molar-refractivity contribution in [3.05, 3.63) is 101 Å². The second-order valence-corrected chi connectivity index (χ2v) is 17.7. The molecular weight excluding hydrogens is 821 g/mol. The van der Waals surface area contributed by atoms with Gasteiger partial charge in [0, 0.05) is 38.4 Å². The number of hydrogen-bond donors (Lipinski definition) is 5. The van der Waals surface area contributed by atoms with E-state index in [1.807, 2.05) is 69.3 Å². The van der Waals surface area contributed by atoms with Crippen molar-refractivity contribution in [2.75, 3.05) is 32.8 Å². The van der Waals surface area contributed by atoms with E-state index in [1.165, 1.54) is 16.2 Å². The summed E-state index contributed by atoms with van der Waals surface area (Å²) < 4.78 is 11.1. The highest BCUT2D eigenvalue weighted by Gasteiger charge is 2.44. The summed E-state index contributed by atoms with van der Waals surface area (Å²) in [6.07, 6.45) is 5.92. The number of carbonyl (C=O) groups excluding carboxylic acids is 5. The third-order valence-corrected chi connectivity index (χ3v) is 12.1. The molecule has 3 aromatic carbocycles. The van der Waals surface area contributed by atoms with Crippen molar-refractivity contribution in [1.82, 2.24) is 31.2 Å². The molecule has 0 saturated carbocycles. The zero-order chi connectivity index (χ0) is 44.9. The van der Waals surface area contributed by atoms with Crippen molar-refractivity contribution < 1.29 is 38.6 Å². The van der Waals surface area contributed by atoms with E-state index in [4.69, 9.17) is 15.9 Å². The number of benzene rings is 3. The minimum Gasteiger partial charge on any atom is -0.449 e. The Morgan fingerprint density at radius 1 is 0.921 bits per heavy atom. The van der Waals surface area contributed by atoms with Crippen LogP contribution in [0.2, 0.25) is 0 Å². The highest BCUT2D eigenvalue weighted by Crippen LogP contribution is 2.44. The van der Waals surface area contributed by atoms with Crippen molar-refractivity contribution in [3.8, 4) is 33.9 Å². The molecule has 1 saturated heterocycles. The highest BCUT2D eigenvalue weighted by atomic mass is 32.1. The number of hydrogen-bond acceptors (Lipinski definition) is 10. The van der Waals surface area contributed by atoms with E-state index in [0.29, 0.717) is 31.5 Å². The maximum atomic E-state index is 14.0. The average Bonchev–Trinajstić information content (AvgIpc) is 3.99. The van der Waals surface area contributed by atoms with Gasteiger partial charge in [-0.2, -0.15) is 0 Å². The fourth-order valence-corrected chi connectivity index (χ4v) is 8.71. The number of unbranched alkanes of at least 4 members (excludes halogenated alkanes) is 2. The Morgan fingerprint density at radius 2 is 1.62 bits per heavy atom. The summed E-state index contributed by atoms with van der Waals surface area (Å²) in [5.74, 6) is 0.888. The average molecular weight is 877 g/mol. The largest absolute Gasteiger partial charge is 0.449 e. The molecule has 1 fully saturated rings. The van der Waals surface area contributed by atoms with Crippen LogP contribution in [0.4, 0.5) is 4.79 Å². The van der Waals surface area contributed by atoms with Crippen LogP contribution in [0.5, 0.6) is 0 Å². The summed E-state index contributed by atoms with van der Waals surface area (Å²) in [5.41, 5.74) is 8.06. The molecule has 6 rings (SSSR count). The van der Waals surface area contributed by atoms with Crippen LogP contribution in [0, 0.1) is 17.8 Å². The molecule has 1 aliphatic heterocycles. The third-order valence-electron chi connectivity index (χ3n) is 11.2. The number of fused-ring (bicyclic) bond motifs is 3. The number of aliphatic hydroxyl groups excluding tert-OH is 1.